The molecule has 0 aromatic heterocycles. The SMILES string of the molecule is C/C=C/CO[C@@H]1O[C@H](CO)[C@H]2OC(C)(C)O[C@@H]12. The molecule has 1 N–H and O–H groups in total. The molecule has 5 heteroatoms. The molecule has 2 rings (SSSR count). The fourth-order valence-corrected chi connectivity index (χ4v) is 2.17. The van der Waals surface area contributed by atoms with Gasteiger partial charge in [-0.15, -0.1) is 0 Å². The van der Waals surface area contributed by atoms with E-state index in [1.807, 2.05) is 32.9 Å². The van der Waals surface area contributed by atoms with Crippen LogP contribution in [0.4, 0.5) is 0 Å². The van der Waals surface area contributed by atoms with E-state index in [0.29, 0.717) is 6.61 Å². The predicted molar refractivity (Wildman–Crippen MR) is 60.3 cm³/mol. The summed E-state index contributed by atoms with van der Waals surface area (Å²) in [7, 11) is 0. The van der Waals surface area contributed by atoms with Crippen molar-refractivity contribution < 1.29 is 24.1 Å². The average molecular weight is 244 g/mol. The van der Waals surface area contributed by atoms with Gasteiger partial charge in [0.15, 0.2) is 12.1 Å². The number of aliphatic hydroxyl groups is 1. The first-order valence-corrected chi connectivity index (χ1v) is 5.92. The van der Waals surface area contributed by atoms with Crippen molar-refractivity contribution in [3.63, 3.8) is 0 Å². The van der Waals surface area contributed by atoms with Crippen LogP contribution >= 0.6 is 0 Å². The third kappa shape index (κ3) is 2.69. The summed E-state index contributed by atoms with van der Waals surface area (Å²) in [6.45, 7) is 6.00. The van der Waals surface area contributed by atoms with Gasteiger partial charge >= 0.3 is 0 Å². The van der Waals surface area contributed by atoms with Crippen molar-refractivity contribution in [3.05, 3.63) is 12.2 Å². The van der Waals surface area contributed by atoms with Crippen molar-refractivity contribution in [2.24, 2.45) is 0 Å². The quantitative estimate of drug-likeness (QED) is 0.742. The standard InChI is InChI=1S/C12H20O5/c1-4-5-6-14-11-10-9(8(7-13)15-11)16-12(2,3)17-10/h4-5,8-11,13H,6-7H2,1-3H3/b5-4+/t8-,9-,10-,11-/m1/s1. The number of ether oxygens (including phenoxy) is 4. The maximum absolute atomic E-state index is 9.24. The van der Waals surface area contributed by atoms with Gasteiger partial charge in [-0.2, -0.15) is 0 Å². The van der Waals surface area contributed by atoms with Crippen molar-refractivity contribution in [1.29, 1.82) is 0 Å². The molecule has 2 heterocycles. The van der Waals surface area contributed by atoms with Crippen molar-refractivity contribution in [1.82, 2.24) is 0 Å². The smallest absolute Gasteiger partial charge is 0.187 e. The molecule has 0 bridgehead atoms. The number of allylic oxidation sites excluding steroid dienone is 1. The maximum atomic E-state index is 9.24. The highest BCUT2D eigenvalue weighted by Crippen LogP contribution is 2.38. The van der Waals surface area contributed by atoms with E-state index in [1.54, 1.807) is 0 Å². The average Bonchev–Trinajstić information content (AvgIpc) is 2.73. The van der Waals surface area contributed by atoms with Crippen LogP contribution in [0, 0.1) is 0 Å². The Morgan fingerprint density at radius 2 is 2.00 bits per heavy atom. The van der Waals surface area contributed by atoms with Gasteiger partial charge in [0.2, 0.25) is 0 Å². The van der Waals surface area contributed by atoms with E-state index < -0.39 is 12.1 Å². The third-order valence-corrected chi connectivity index (χ3v) is 2.88. The summed E-state index contributed by atoms with van der Waals surface area (Å²) < 4.78 is 22.6. The fourth-order valence-electron chi connectivity index (χ4n) is 2.17. The number of hydrogen-bond donors (Lipinski definition) is 1. The molecule has 0 aromatic rings. The van der Waals surface area contributed by atoms with Crippen LogP contribution in [-0.2, 0) is 18.9 Å². The van der Waals surface area contributed by atoms with Crippen LogP contribution < -0.4 is 0 Å². The molecule has 0 amide bonds. The predicted octanol–water partition coefficient (Wildman–Crippen LogP) is 0.816. The molecule has 2 saturated heterocycles. The fraction of sp³-hybridized carbons (Fsp3) is 0.833. The molecule has 2 fully saturated rings. The molecular formula is C12H20O5. The van der Waals surface area contributed by atoms with Gasteiger partial charge < -0.3 is 24.1 Å². The van der Waals surface area contributed by atoms with Gasteiger partial charge in [-0.1, -0.05) is 12.2 Å². The minimum atomic E-state index is -0.644. The van der Waals surface area contributed by atoms with Crippen molar-refractivity contribution in [2.45, 2.75) is 51.2 Å². The summed E-state index contributed by atoms with van der Waals surface area (Å²) in [5.41, 5.74) is 0. The first-order chi connectivity index (χ1) is 8.07. The topological polar surface area (TPSA) is 57.2 Å². The Labute approximate surface area is 101 Å². The second-order valence-corrected chi connectivity index (χ2v) is 4.69. The van der Waals surface area contributed by atoms with E-state index >= 15 is 0 Å². The largest absolute Gasteiger partial charge is 0.394 e. The lowest BCUT2D eigenvalue weighted by atomic mass is 10.1. The Hall–Kier alpha value is -0.460. The molecule has 2 aliphatic heterocycles. The Kier molecular flexibility index (Phi) is 3.85. The number of aliphatic hydroxyl groups excluding tert-OH is 1. The minimum Gasteiger partial charge on any atom is -0.394 e. The summed E-state index contributed by atoms with van der Waals surface area (Å²) in [4.78, 5) is 0. The van der Waals surface area contributed by atoms with E-state index in [2.05, 4.69) is 0 Å². The highest BCUT2D eigenvalue weighted by molar-refractivity contribution is 4.95. The van der Waals surface area contributed by atoms with Gasteiger partial charge in [-0.05, 0) is 20.8 Å². The molecular weight excluding hydrogens is 224 g/mol. The number of hydrogen-bond acceptors (Lipinski definition) is 5. The Balaban J connectivity index is 1.99. The van der Waals surface area contributed by atoms with Gasteiger partial charge in [-0.25, -0.2) is 0 Å². The molecule has 0 spiro atoms. The third-order valence-electron chi connectivity index (χ3n) is 2.88. The summed E-state index contributed by atoms with van der Waals surface area (Å²) in [5.74, 6) is -0.644. The zero-order valence-electron chi connectivity index (χ0n) is 10.5. The summed E-state index contributed by atoms with van der Waals surface area (Å²) in [6.07, 6.45) is 2.42. The molecule has 4 atom stereocenters. The second-order valence-electron chi connectivity index (χ2n) is 4.69. The van der Waals surface area contributed by atoms with Crippen LogP contribution in [0.25, 0.3) is 0 Å². The van der Waals surface area contributed by atoms with E-state index in [4.69, 9.17) is 18.9 Å². The van der Waals surface area contributed by atoms with Crippen LogP contribution in [-0.4, -0.2) is 48.7 Å². The molecule has 0 saturated carbocycles. The van der Waals surface area contributed by atoms with Gasteiger partial charge in [-0.3, -0.25) is 0 Å². The number of rotatable bonds is 4. The van der Waals surface area contributed by atoms with Crippen molar-refractivity contribution in [3.8, 4) is 0 Å². The van der Waals surface area contributed by atoms with Crippen LogP contribution in [0.15, 0.2) is 12.2 Å². The molecule has 98 valence electrons. The van der Waals surface area contributed by atoms with Gasteiger partial charge in [0.05, 0.1) is 13.2 Å². The molecule has 0 radical (unpaired) electrons. The zero-order valence-corrected chi connectivity index (χ0v) is 10.5. The second kappa shape index (κ2) is 5.04. The molecule has 2 aliphatic rings. The highest BCUT2D eigenvalue weighted by Gasteiger charge is 2.55. The Bertz CT molecular complexity index is 289. The van der Waals surface area contributed by atoms with Gasteiger partial charge in [0.25, 0.3) is 0 Å². The van der Waals surface area contributed by atoms with E-state index in [1.165, 1.54) is 0 Å². The van der Waals surface area contributed by atoms with Gasteiger partial charge in [0, 0.05) is 0 Å². The molecule has 17 heavy (non-hydrogen) atoms. The lowest BCUT2D eigenvalue weighted by molar-refractivity contribution is -0.233. The van der Waals surface area contributed by atoms with Crippen LogP contribution in [0.1, 0.15) is 20.8 Å². The summed E-state index contributed by atoms with van der Waals surface area (Å²) in [5, 5.41) is 9.24. The molecule has 0 aromatic carbocycles. The van der Waals surface area contributed by atoms with Crippen LogP contribution in [0.5, 0.6) is 0 Å². The highest BCUT2D eigenvalue weighted by atomic mass is 16.8. The Morgan fingerprint density at radius 1 is 1.29 bits per heavy atom. The summed E-state index contributed by atoms with van der Waals surface area (Å²) in [6, 6.07) is 0. The van der Waals surface area contributed by atoms with Crippen LogP contribution in [0.3, 0.4) is 0 Å². The minimum absolute atomic E-state index is 0.0932. The van der Waals surface area contributed by atoms with Crippen molar-refractivity contribution >= 4 is 0 Å². The van der Waals surface area contributed by atoms with E-state index in [0.717, 1.165) is 0 Å². The zero-order chi connectivity index (χ0) is 12.5. The van der Waals surface area contributed by atoms with Gasteiger partial charge in [0.1, 0.15) is 18.3 Å². The Morgan fingerprint density at radius 3 is 2.65 bits per heavy atom. The lowest BCUT2D eigenvalue weighted by Gasteiger charge is -2.23. The molecule has 0 unspecified atom stereocenters. The van der Waals surface area contributed by atoms with E-state index in [-0.39, 0.29) is 24.9 Å². The first-order valence-electron chi connectivity index (χ1n) is 5.92. The van der Waals surface area contributed by atoms with E-state index in [9.17, 15) is 5.11 Å². The lowest BCUT2D eigenvalue weighted by Crippen LogP contribution is -2.32. The maximum Gasteiger partial charge on any atom is 0.187 e. The summed E-state index contributed by atoms with van der Waals surface area (Å²) >= 11 is 0. The normalized spacial score (nSPS) is 40.0. The molecule has 5 nitrogen and oxygen atoms in total. The number of fused-ring (bicyclic) bond motifs is 1. The molecule has 0 aliphatic carbocycles. The monoisotopic (exact) mass is 244 g/mol. The van der Waals surface area contributed by atoms with Crippen LogP contribution in [0.2, 0.25) is 0 Å². The first kappa shape index (κ1) is 13.0. The van der Waals surface area contributed by atoms with Crippen molar-refractivity contribution in [2.75, 3.05) is 13.2 Å².